The first-order valence-corrected chi connectivity index (χ1v) is 10.7. The van der Waals surface area contributed by atoms with Crippen LogP contribution in [0.25, 0.3) is 6.08 Å². The SMILES string of the molecule is CCN1C(=O)/C(=C\c2cc3c(cc2Br)OCO3)SC1=Nc1ccc(C(=O)OC)cc1. The van der Waals surface area contributed by atoms with Crippen molar-refractivity contribution in [1.82, 2.24) is 4.90 Å². The molecule has 1 saturated heterocycles. The van der Waals surface area contributed by atoms with E-state index in [1.807, 2.05) is 25.1 Å². The molecule has 1 fully saturated rings. The molecule has 2 aliphatic rings. The first-order chi connectivity index (χ1) is 14.5. The Morgan fingerprint density at radius 2 is 1.97 bits per heavy atom. The van der Waals surface area contributed by atoms with Crippen LogP contribution in [0.5, 0.6) is 11.5 Å². The number of esters is 1. The van der Waals surface area contributed by atoms with E-state index < -0.39 is 5.97 Å². The minimum atomic E-state index is -0.408. The Morgan fingerprint density at radius 3 is 2.63 bits per heavy atom. The molecule has 2 aliphatic heterocycles. The summed E-state index contributed by atoms with van der Waals surface area (Å²) in [7, 11) is 1.34. The highest BCUT2D eigenvalue weighted by atomic mass is 79.9. The van der Waals surface area contributed by atoms with E-state index in [0.29, 0.717) is 39.4 Å². The number of aliphatic imine (C=N–C) groups is 1. The van der Waals surface area contributed by atoms with Gasteiger partial charge >= 0.3 is 5.97 Å². The summed E-state index contributed by atoms with van der Waals surface area (Å²) < 4.78 is 16.3. The number of carbonyl (C=O) groups excluding carboxylic acids is 2. The fourth-order valence-corrected chi connectivity index (χ4v) is 4.45. The second-order valence-corrected chi connectivity index (χ2v) is 8.18. The lowest BCUT2D eigenvalue weighted by Crippen LogP contribution is -2.28. The largest absolute Gasteiger partial charge is 0.465 e. The van der Waals surface area contributed by atoms with Crippen molar-refractivity contribution in [3.05, 3.63) is 56.9 Å². The van der Waals surface area contributed by atoms with Gasteiger partial charge in [-0.05, 0) is 66.7 Å². The lowest BCUT2D eigenvalue weighted by Gasteiger charge is -2.12. The second-order valence-electron chi connectivity index (χ2n) is 6.32. The van der Waals surface area contributed by atoms with E-state index >= 15 is 0 Å². The maximum atomic E-state index is 12.9. The van der Waals surface area contributed by atoms with Crippen LogP contribution in [0, 0.1) is 0 Å². The van der Waals surface area contributed by atoms with Crippen molar-refractivity contribution in [1.29, 1.82) is 0 Å². The first kappa shape index (κ1) is 20.5. The number of amides is 1. The lowest BCUT2D eigenvalue weighted by molar-refractivity contribution is -0.122. The Balaban J connectivity index is 1.63. The summed E-state index contributed by atoms with van der Waals surface area (Å²) in [5, 5.41) is 0.580. The topological polar surface area (TPSA) is 77.4 Å². The normalized spacial score (nSPS) is 17.8. The predicted octanol–water partition coefficient (Wildman–Crippen LogP) is 4.59. The van der Waals surface area contributed by atoms with Crippen molar-refractivity contribution < 1.29 is 23.8 Å². The fraction of sp³-hybridized carbons (Fsp3) is 0.190. The van der Waals surface area contributed by atoms with Crippen LogP contribution in [0.1, 0.15) is 22.8 Å². The van der Waals surface area contributed by atoms with Crippen LogP contribution in [0.15, 0.2) is 50.8 Å². The number of methoxy groups -OCH3 is 1. The summed E-state index contributed by atoms with van der Waals surface area (Å²) in [6.45, 7) is 2.57. The Labute approximate surface area is 185 Å². The van der Waals surface area contributed by atoms with E-state index in [1.54, 1.807) is 29.2 Å². The number of thioether (sulfide) groups is 1. The van der Waals surface area contributed by atoms with Crippen LogP contribution in [-0.2, 0) is 9.53 Å². The number of carbonyl (C=O) groups is 2. The predicted molar refractivity (Wildman–Crippen MR) is 118 cm³/mol. The van der Waals surface area contributed by atoms with Gasteiger partial charge in [-0.3, -0.25) is 9.69 Å². The highest BCUT2D eigenvalue weighted by molar-refractivity contribution is 9.10. The van der Waals surface area contributed by atoms with Crippen LogP contribution in [0.2, 0.25) is 0 Å². The third-order valence-corrected chi connectivity index (χ3v) is 6.19. The number of hydrogen-bond donors (Lipinski definition) is 0. The average molecular weight is 489 g/mol. The minimum Gasteiger partial charge on any atom is -0.465 e. The van der Waals surface area contributed by atoms with Gasteiger partial charge in [0.25, 0.3) is 5.91 Å². The van der Waals surface area contributed by atoms with Crippen molar-refractivity contribution in [2.45, 2.75) is 6.92 Å². The van der Waals surface area contributed by atoms with Gasteiger partial charge in [0.1, 0.15) is 0 Å². The van der Waals surface area contributed by atoms with Crippen molar-refractivity contribution in [3.8, 4) is 11.5 Å². The molecule has 9 heteroatoms. The standard InChI is InChI=1S/C21H17BrN2O5S/c1-3-24-19(25)18(9-13-8-16-17(10-15(13)22)29-11-28-16)30-21(24)23-14-6-4-12(5-7-14)20(26)27-2/h4-10H,3,11H2,1-2H3/b18-9+,23-21?. The minimum absolute atomic E-state index is 0.114. The monoisotopic (exact) mass is 488 g/mol. The number of nitrogens with zero attached hydrogens (tertiary/aromatic N) is 2. The second kappa shape index (κ2) is 8.53. The summed E-state index contributed by atoms with van der Waals surface area (Å²) in [5.41, 5.74) is 1.90. The maximum Gasteiger partial charge on any atom is 0.337 e. The fourth-order valence-electron chi connectivity index (χ4n) is 2.96. The third kappa shape index (κ3) is 3.95. The first-order valence-electron chi connectivity index (χ1n) is 9.07. The summed E-state index contributed by atoms with van der Waals surface area (Å²) in [6, 6.07) is 10.4. The van der Waals surface area contributed by atoms with Crippen molar-refractivity contribution >= 4 is 56.5 Å². The van der Waals surface area contributed by atoms with Gasteiger partial charge in [-0.1, -0.05) is 15.9 Å². The van der Waals surface area contributed by atoms with E-state index in [4.69, 9.17) is 14.2 Å². The molecule has 0 unspecified atom stereocenters. The van der Waals surface area contributed by atoms with Crippen molar-refractivity contribution in [2.24, 2.45) is 4.99 Å². The number of rotatable bonds is 4. The molecule has 7 nitrogen and oxygen atoms in total. The van der Waals surface area contributed by atoms with Crippen LogP contribution < -0.4 is 9.47 Å². The van der Waals surface area contributed by atoms with Gasteiger partial charge in [0.15, 0.2) is 16.7 Å². The van der Waals surface area contributed by atoms with E-state index in [1.165, 1.54) is 18.9 Å². The van der Waals surface area contributed by atoms with Gasteiger partial charge < -0.3 is 14.2 Å². The quantitative estimate of drug-likeness (QED) is 0.462. The number of amidine groups is 1. The number of fused-ring (bicyclic) bond motifs is 1. The molecule has 0 spiro atoms. The average Bonchev–Trinajstić information content (AvgIpc) is 3.31. The van der Waals surface area contributed by atoms with E-state index in [2.05, 4.69) is 20.9 Å². The molecule has 0 N–H and O–H groups in total. The highest BCUT2D eigenvalue weighted by Crippen LogP contribution is 2.40. The molecular weight excluding hydrogens is 472 g/mol. The van der Waals surface area contributed by atoms with Crippen LogP contribution in [0.3, 0.4) is 0 Å². The third-order valence-electron chi connectivity index (χ3n) is 4.50. The molecule has 2 aromatic rings. The van der Waals surface area contributed by atoms with Gasteiger partial charge in [0.2, 0.25) is 6.79 Å². The molecule has 30 heavy (non-hydrogen) atoms. The molecule has 0 saturated carbocycles. The van der Waals surface area contributed by atoms with Gasteiger partial charge in [-0.2, -0.15) is 0 Å². The van der Waals surface area contributed by atoms with Gasteiger partial charge in [-0.15, -0.1) is 0 Å². The van der Waals surface area contributed by atoms with Crippen LogP contribution in [-0.4, -0.2) is 42.4 Å². The number of hydrogen-bond acceptors (Lipinski definition) is 7. The van der Waals surface area contributed by atoms with E-state index in [-0.39, 0.29) is 12.7 Å². The van der Waals surface area contributed by atoms with Gasteiger partial charge in [0, 0.05) is 11.0 Å². The van der Waals surface area contributed by atoms with E-state index in [9.17, 15) is 9.59 Å². The molecule has 2 aromatic carbocycles. The van der Waals surface area contributed by atoms with Crippen molar-refractivity contribution in [2.75, 3.05) is 20.4 Å². The molecule has 2 heterocycles. The highest BCUT2D eigenvalue weighted by Gasteiger charge is 2.32. The maximum absolute atomic E-state index is 12.9. The molecule has 0 radical (unpaired) electrons. The molecule has 0 aromatic heterocycles. The molecule has 0 bridgehead atoms. The summed E-state index contributed by atoms with van der Waals surface area (Å²) in [4.78, 5) is 31.2. The van der Waals surface area contributed by atoms with E-state index in [0.717, 1.165) is 10.0 Å². The number of ether oxygens (including phenoxy) is 3. The summed E-state index contributed by atoms with van der Waals surface area (Å²) in [5.74, 6) is 0.793. The molecule has 154 valence electrons. The summed E-state index contributed by atoms with van der Waals surface area (Å²) >= 11 is 4.82. The molecule has 4 rings (SSSR count). The molecule has 0 aliphatic carbocycles. The van der Waals surface area contributed by atoms with Gasteiger partial charge in [-0.25, -0.2) is 9.79 Å². The van der Waals surface area contributed by atoms with Crippen LogP contribution >= 0.6 is 27.7 Å². The zero-order chi connectivity index (χ0) is 21.3. The molecule has 1 amide bonds. The lowest BCUT2D eigenvalue weighted by atomic mass is 10.2. The Bertz CT molecular complexity index is 1080. The Kier molecular flexibility index (Phi) is 5.83. The summed E-state index contributed by atoms with van der Waals surface area (Å²) in [6.07, 6.45) is 1.81. The Morgan fingerprint density at radius 1 is 1.27 bits per heavy atom. The zero-order valence-corrected chi connectivity index (χ0v) is 18.6. The van der Waals surface area contributed by atoms with Gasteiger partial charge in [0.05, 0.1) is 23.3 Å². The zero-order valence-electron chi connectivity index (χ0n) is 16.2. The molecular formula is C21H17BrN2O5S. The number of halogens is 1. The van der Waals surface area contributed by atoms with Crippen molar-refractivity contribution in [3.63, 3.8) is 0 Å². The molecule has 0 atom stereocenters. The smallest absolute Gasteiger partial charge is 0.337 e. The Hall–Kier alpha value is -2.78. The number of benzene rings is 2. The van der Waals surface area contributed by atoms with Crippen LogP contribution in [0.4, 0.5) is 5.69 Å². The number of likely N-dealkylation sites (N-methyl/N-ethyl adjacent to an activating group) is 1.